The lowest BCUT2D eigenvalue weighted by Crippen LogP contribution is -2.22. The van der Waals surface area contributed by atoms with E-state index in [0.717, 1.165) is 48.2 Å². The van der Waals surface area contributed by atoms with Gasteiger partial charge in [-0.3, -0.25) is 9.78 Å². The highest BCUT2D eigenvalue weighted by atomic mass is 16.1. The van der Waals surface area contributed by atoms with Gasteiger partial charge in [0, 0.05) is 35.1 Å². The number of carbonyl (C=O) groups excluding carboxylic acids is 1. The molecule has 0 radical (unpaired) electrons. The van der Waals surface area contributed by atoms with Crippen LogP contribution < -0.4 is 5.32 Å². The Bertz CT molecular complexity index is 1170. The SMILES string of the molecule is CCCC(CCC)C(=O)Nc1cccc(-c2ccc3nnc(-c4ccncc4)n3n2)c1. The van der Waals surface area contributed by atoms with Gasteiger partial charge in [0.2, 0.25) is 5.91 Å². The number of hydrogen-bond acceptors (Lipinski definition) is 5. The van der Waals surface area contributed by atoms with Gasteiger partial charge in [-0.15, -0.1) is 10.2 Å². The summed E-state index contributed by atoms with van der Waals surface area (Å²) in [6.45, 7) is 4.23. The van der Waals surface area contributed by atoms with E-state index >= 15 is 0 Å². The number of anilines is 1. The monoisotopic (exact) mass is 414 g/mol. The molecule has 7 nitrogen and oxygen atoms in total. The first kappa shape index (κ1) is 20.7. The standard InChI is InChI=1S/C24H26N6O/c1-3-6-18(7-4-2)24(31)26-20-9-5-8-19(16-20)21-10-11-22-27-28-23(30(22)29-21)17-12-14-25-15-13-17/h5,8-16,18H,3-4,6-7H2,1-2H3,(H,26,31). The molecular formula is C24H26N6O. The first-order chi connectivity index (χ1) is 15.2. The van der Waals surface area contributed by atoms with E-state index < -0.39 is 0 Å². The third-order valence-electron chi connectivity index (χ3n) is 5.27. The van der Waals surface area contributed by atoms with Crippen LogP contribution >= 0.6 is 0 Å². The summed E-state index contributed by atoms with van der Waals surface area (Å²) in [5.74, 6) is 0.793. The fourth-order valence-electron chi connectivity index (χ4n) is 3.73. The van der Waals surface area contributed by atoms with Gasteiger partial charge in [0.05, 0.1) is 5.69 Å². The number of nitrogens with zero attached hydrogens (tertiary/aromatic N) is 5. The Kier molecular flexibility index (Phi) is 6.31. The first-order valence-electron chi connectivity index (χ1n) is 10.7. The molecule has 0 aliphatic rings. The van der Waals surface area contributed by atoms with Crippen LogP contribution in [0, 0.1) is 5.92 Å². The van der Waals surface area contributed by atoms with Crippen LogP contribution in [0.4, 0.5) is 5.69 Å². The van der Waals surface area contributed by atoms with Crippen LogP contribution in [-0.2, 0) is 4.79 Å². The third-order valence-corrected chi connectivity index (χ3v) is 5.27. The van der Waals surface area contributed by atoms with E-state index in [4.69, 9.17) is 5.10 Å². The largest absolute Gasteiger partial charge is 0.326 e. The summed E-state index contributed by atoms with van der Waals surface area (Å²) >= 11 is 0. The number of pyridine rings is 1. The fourth-order valence-corrected chi connectivity index (χ4v) is 3.73. The lowest BCUT2D eigenvalue weighted by Gasteiger charge is -2.15. The summed E-state index contributed by atoms with van der Waals surface area (Å²) in [7, 11) is 0. The number of rotatable bonds is 8. The van der Waals surface area contributed by atoms with Crippen LogP contribution in [0.15, 0.2) is 60.9 Å². The van der Waals surface area contributed by atoms with Crippen LogP contribution in [0.3, 0.4) is 0 Å². The van der Waals surface area contributed by atoms with E-state index in [0.29, 0.717) is 11.5 Å². The first-order valence-corrected chi connectivity index (χ1v) is 10.7. The van der Waals surface area contributed by atoms with Crippen molar-refractivity contribution < 1.29 is 4.79 Å². The Labute approximate surface area is 181 Å². The molecule has 3 heterocycles. The van der Waals surface area contributed by atoms with E-state index in [2.05, 4.69) is 34.3 Å². The molecule has 1 aromatic carbocycles. The molecule has 0 aliphatic carbocycles. The summed E-state index contributed by atoms with van der Waals surface area (Å²) in [5, 5.41) is 16.3. The van der Waals surface area contributed by atoms with E-state index in [1.807, 2.05) is 48.5 Å². The zero-order valence-electron chi connectivity index (χ0n) is 17.8. The number of aromatic nitrogens is 5. The zero-order chi connectivity index (χ0) is 21.6. The second kappa shape index (κ2) is 9.47. The van der Waals surface area contributed by atoms with Crippen molar-refractivity contribution in [2.75, 3.05) is 5.32 Å². The summed E-state index contributed by atoms with van der Waals surface area (Å²) in [5.41, 5.74) is 4.03. The maximum absolute atomic E-state index is 12.7. The number of amides is 1. The fraction of sp³-hybridized carbons (Fsp3) is 0.292. The predicted octanol–water partition coefficient (Wildman–Crippen LogP) is 5.01. The van der Waals surface area contributed by atoms with Gasteiger partial charge < -0.3 is 5.32 Å². The Balaban J connectivity index is 1.62. The van der Waals surface area contributed by atoms with Gasteiger partial charge in [-0.05, 0) is 49.2 Å². The third kappa shape index (κ3) is 4.60. The lowest BCUT2D eigenvalue weighted by molar-refractivity contribution is -0.120. The Hall–Kier alpha value is -3.61. The maximum atomic E-state index is 12.7. The number of benzene rings is 1. The minimum atomic E-state index is 0.0491. The topological polar surface area (TPSA) is 85.1 Å². The second-order valence-electron chi connectivity index (χ2n) is 7.59. The van der Waals surface area contributed by atoms with Gasteiger partial charge >= 0.3 is 0 Å². The molecule has 0 spiro atoms. The molecule has 0 aliphatic heterocycles. The van der Waals surface area contributed by atoms with Crippen LogP contribution in [0.2, 0.25) is 0 Å². The molecule has 0 atom stereocenters. The predicted molar refractivity (Wildman–Crippen MR) is 121 cm³/mol. The van der Waals surface area contributed by atoms with Crippen molar-refractivity contribution >= 4 is 17.2 Å². The van der Waals surface area contributed by atoms with Gasteiger partial charge in [-0.25, -0.2) is 0 Å². The summed E-state index contributed by atoms with van der Waals surface area (Å²) in [6.07, 6.45) is 7.25. The van der Waals surface area contributed by atoms with Crippen molar-refractivity contribution in [2.45, 2.75) is 39.5 Å². The maximum Gasteiger partial charge on any atom is 0.227 e. The highest BCUT2D eigenvalue weighted by Crippen LogP contribution is 2.24. The number of fused-ring (bicyclic) bond motifs is 1. The molecule has 4 aromatic rings. The highest BCUT2D eigenvalue weighted by Gasteiger charge is 2.17. The van der Waals surface area contributed by atoms with Crippen molar-refractivity contribution in [3.63, 3.8) is 0 Å². The van der Waals surface area contributed by atoms with E-state index in [1.54, 1.807) is 16.9 Å². The van der Waals surface area contributed by atoms with E-state index in [-0.39, 0.29) is 11.8 Å². The molecule has 31 heavy (non-hydrogen) atoms. The van der Waals surface area contributed by atoms with Gasteiger partial charge in [-0.2, -0.15) is 9.61 Å². The Morgan fingerprint density at radius 1 is 0.968 bits per heavy atom. The molecule has 3 aromatic heterocycles. The lowest BCUT2D eigenvalue weighted by atomic mass is 9.97. The average molecular weight is 415 g/mol. The van der Waals surface area contributed by atoms with Gasteiger partial charge in [0.25, 0.3) is 0 Å². The molecule has 0 fully saturated rings. The second-order valence-corrected chi connectivity index (χ2v) is 7.59. The van der Waals surface area contributed by atoms with Gasteiger partial charge in [0.15, 0.2) is 11.5 Å². The molecule has 0 bridgehead atoms. The molecule has 0 saturated heterocycles. The minimum Gasteiger partial charge on any atom is -0.326 e. The number of nitrogens with one attached hydrogen (secondary N) is 1. The van der Waals surface area contributed by atoms with E-state index in [9.17, 15) is 4.79 Å². The Morgan fingerprint density at radius 2 is 1.74 bits per heavy atom. The quantitative estimate of drug-likeness (QED) is 0.438. The summed E-state index contributed by atoms with van der Waals surface area (Å²) in [4.78, 5) is 16.8. The van der Waals surface area contributed by atoms with E-state index in [1.165, 1.54) is 0 Å². The molecule has 7 heteroatoms. The molecule has 4 rings (SSSR count). The van der Waals surface area contributed by atoms with Crippen molar-refractivity contribution in [3.8, 4) is 22.6 Å². The molecular weight excluding hydrogens is 388 g/mol. The van der Waals surface area contributed by atoms with Gasteiger partial charge in [-0.1, -0.05) is 38.8 Å². The molecule has 1 amide bonds. The molecule has 1 N–H and O–H groups in total. The number of carbonyl (C=O) groups is 1. The summed E-state index contributed by atoms with van der Waals surface area (Å²) in [6, 6.07) is 15.3. The van der Waals surface area contributed by atoms with Crippen LogP contribution in [0.5, 0.6) is 0 Å². The van der Waals surface area contributed by atoms with Crippen molar-refractivity contribution in [2.24, 2.45) is 5.92 Å². The summed E-state index contributed by atoms with van der Waals surface area (Å²) < 4.78 is 1.73. The molecule has 0 unspecified atom stereocenters. The smallest absolute Gasteiger partial charge is 0.227 e. The van der Waals surface area contributed by atoms with Crippen molar-refractivity contribution in [1.29, 1.82) is 0 Å². The minimum absolute atomic E-state index is 0.0491. The van der Waals surface area contributed by atoms with Crippen LogP contribution in [-0.4, -0.2) is 30.7 Å². The Morgan fingerprint density at radius 3 is 2.48 bits per heavy atom. The van der Waals surface area contributed by atoms with Crippen molar-refractivity contribution in [3.05, 3.63) is 60.9 Å². The van der Waals surface area contributed by atoms with Crippen molar-refractivity contribution in [1.82, 2.24) is 24.8 Å². The average Bonchev–Trinajstić information content (AvgIpc) is 3.23. The normalized spacial score (nSPS) is 11.2. The van der Waals surface area contributed by atoms with Gasteiger partial charge in [0.1, 0.15) is 0 Å². The highest BCUT2D eigenvalue weighted by molar-refractivity contribution is 5.93. The zero-order valence-corrected chi connectivity index (χ0v) is 17.8. The number of hydrogen-bond donors (Lipinski definition) is 1. The molecule has 0 saturated carbocycles. The van der Waals surface area contributed by atoms with Crippen LogP contribution in [0.1, 0.15) is 39.5 Å². The van der Waals surface area contributed by atoms with Crippen LogP contribution in [0.25, 0.3) is 28.3 Å². The molecule has 158 valence electrons.